The molecule has 6 nitrogen and oxygen atoms in total. The second-order valence-corrected chi connectivity index (χ2v) is 22.0. The third kappa shape index (κ3) is 60.2. The normalized spacial score (nSPS) is 12.3. The Balaban J connectivity index is 4.23. The lowest BCUT2D eigenvalue weighted by molar-refractivity contribution is -0.167. The first-order valence-corrected chi connectivity index (χ1v) is 32.6. The number of esters is 3. The summed E-state index contributed by atoms with van der Waals surface area (Å²) in [6.07, 6.45) is 78.3. The van der Waals surface area contributed by atoms with Gasteiger partial charge in [0, 0.05) is 19.3 Å². The van der Waals surface area contributed by atoms with E-state index in [1.54, 1.807) is 0 Å². The van der Waals surface area contributed by atoms with Crippen LogP contribution in [0.4, 0.5) is 0 Å². The van der Waals surface area contributed by atoms with E-state index in [1.807, 2.05) is 0 Å². The van der Waals surface area contributed by atoms with Crippen molar-refractivity contribution in [2.45, 2.75) is 354 Å². The van der Waals surface area contributed by atoms with Gasteiger partial charge in [-0.05, 0) is 83.5 Å². The molecule has 0 saturated carbocycles. The van der Waals surface area contributed by atoms with Crippen LogP contribution in [0.15, 0.2) is 48.6 Å². The molecule has 0 rings (SSSR count). The molecular formula is C68H124O6. The Morgan fingerprint density at radius 1 is 0.270 bits per heavy atom. The molecule has 0 bridgehead atoms. The molecule has 74 heavy (non-hydrogen) atoms. The van der Waals surface area contributed by atoms with E-state index in [2.05, 4.69) is 69.4 Å². The van der Waals surface area contributed by atoms with Crippen LogP contribution in [0.1, 0.15) is 348 Å². The summed E-state index contributed by atoms with van der Waals surface area (Å²) in [5.41, 5.74) is 0. The summed E-state index contributed by atoms with van der Waals surface area (Å²) >= 11 is 0. The van der Waals surface area contributed by atoms with Gasteiger partial charge in [0.15, 0.2) is 6.10 Å². The van der Waals surface area contributed by atoms with Crippen LogP contribution in [0.2, 0.25) is 0 Å². The summed E-state index contributed by atoms with van der Waals surface area (Å²) in [6, 6.07) is 0. The summed E-state index contributed by atoms with van der Waals surface area (Å²) in [4.78, 5) is 38.3. The smallest absolute Gasteiger partial charge is 0.306 e. The van der Waals surface area contributed by atoms with Crippen LogP contribution < -0.4 is 0 Å². The average molecular weight is 1040 g/mol. The number of carbonyl (C=O) groups excluding carboxylic acids is 3. The number of allylic oxidation sites excluding steroid dienone is 8. The van der Waals surface area contributed by atoms with Crippen LogP contribution in [0.25, 0.3) is 0 Å². The molecule has 432 valence electrons. The fraction of sp³-hybridized carbons (Fsp3) is 0.838. The summed E-state index contributed by atoms with van der Waals surface area (Å²) in [7, 11) is 0. The van der Waals surface area contributed by atoms with Gasteiger partial charge in [-0.15, -0.1) is 0 Å². The largest absolute Gasteiger partial charge is 0.462 e. The Kier molecular flexibility index (Phi) is 60.7. The Bertz CT molecular complexity index is 1280. The zero-order valence-corrected chi connectivity index (χ0v) is 49.6. The van der Waals surface area contributed by atoms with Gasteiger partial charge in [-0.2, -0.15) is 0 Å². The molecule has 0 N–H and O–H groups in total. The van der Waals surface area contributed by atoms with Crippen molar-refractivity contribution in [3.63, 3.8) is 0 Å². The standard InChI is InChI=1S/C68H124O6/c1-4-7-10-13-16-19-22-25-27-29-30-31-32-33-34-35-36-37-38-40-41-43-46-49-52-55-58-61-67(70)73-64-65(63-72-66(69)60-57-54-51-48-45-24-21-18-15-12-9-6-3)74-68(71)62-59-56-53-50-47-44-42-39-28-26-23-20-17-14-11-8-5-2/h22,25-26,28-30,32-33,65H,4-21,23-24,27,31,34-64H2,1-3H3/b25-22-,28-26-,30-29-,33-32-. The zero-order chi connectivity index (χ0) is 53.6. The predicted octanol–water partition coefficient (Wildman–Crippen LogP) is 22.2. The van der Waals surface area contributed by atoms with E-state index in [9.17, 15) is 14.4 Å². The SMILES string of the molecule is CCCCCCC/C=C\C/C=C\C/C=C\CCCCCCCCCCCCCCC(=O)OCC(COC(=O)CCCCCCCCCCCCCC)OC(=O)CCCCCCCCC/C=C\CCCCCCCC. The zero-order valence-electron chi connectivity index (χ0n) is 49.6. The van der Waals surface area contributed by atoms with Crippen LogP contribution in [0, 0.1) is 0 Å². The van der Waals surface area contributed by atoms with Crippen molar-refractivity contribution in [3.8, 4) is 0 Å². The molecule has 0 amide bonds. The molecule has 0 aromatic carbocycles. The number of ether oxygens (including phenoxy) is 3. The average Bonchev–Trinajstić information content (AvgIpc) is 3.40. The topological polar surface area (TPSA) is 78.9 Å². The van der Waals surface area contributed by atoms with Gasteiger partial charge in [-0.3, -0.25) is 14.4 Å². The van der Waals surface area contributed by atoms with E-state index in [4.69, 9.17) is 14.2 Å². The molecule has 0 aliphatic rings. The third-order valence-corrected chi connectivity index (χ3v) is 14.6. The summed E-state index contributed by atoms with van der Waals surface area (Å²) < 4.78 is 16.9. The molecule has 0 aromatic rings. The van der Waals surface area contributed by atoms with E-state index < -0.39 is 6.10 Å². The molecule has 0 radical (unpaired) electrons. The van der Waals surface area contributed by atoms with Crippen molar-refractivity contribution < 1.29 is 28.6 Å². The molecule has 0 spiro atoms. The molecule has 0 heterocycles. The van der Waals surface area contributed by atoms with Crippen molar-refractivity contribution in [1.29, 1.82) is 0 Å². The number of hydrogen-bond acceptors (Lipinski definition) is 6. The maximum Gasteiger partial charge on any atom is 0.306 e. The fourth-order valence-electron chi connectivity index (χ4n) is 9.62. The van der Waals surface area contributed by atoms with Gasteiger partial charge in [-0.25, -0.2) is 0 Å². The van der Waals surface area contributed by atoms with Gasteiger partial charge in [0.25, 0.3) is 0 Å². The number of carbonyl (C=O) groups is 3. The quantitative estimate of drug-likeness (QED) is 0.0261. The highest BCUT2D eigenvalue weighted by Gasteiger charge is 2.19. The monoisotopic (exact) mass is 1040 g/mol. The lowest BCUT2D eigenvalue weighted by atomic mass is 10.0. The van der Waals surface area contributed by atoms with Crippen LogP contribution in [-0.4, -0.2) is 37.2 Å². The molecule has 1 unspecified atom stereocenters. The summed E-state index contributed by atoms with van der Waals surface area (Å²) in [5.74, 6) is -0.858. The Morgan fingerprint density at radius 2 is 0.486 bits per heavy atom. The number of rotatable bonds is 60. The first kappa shape index (κ1) is 71.4. The van der Waals surface area contributed by atoms with Crippen LogP contribution in [0.3, 0.4) is 0 Å². The number of hydrogen-bond donors (Lipinski definition) is 0. The van der Waals surface area contributed by atoms with Crippen molar-refractivity contribution in [3.05, 3.63) is 48.6 Å². The Hall–Kier alpha value is -2.63. The van der Waals surface area contributed by atoms with Gasteiger partial charge in [-0.1, -0.05) is 294 Å². The lowest BCUT2D eigenvalue weighted by Gasteiger charge is -2.18. The fourth-order valence-corrected chi connectivity index (χ4v) is 9.62. The maximum absolute atomic E-state index is 12.9. The van der Waals surface area contributed by atoms with E-state index in [1.165, 1.54) is 238 Å². The molecule has 0 saturated heterocycles. The molecule has 0 aromatic heterocycles. The van der Waals surface area contributed by atoms with E-state index >= 15 is 0 Å². The summed E-state index contributed by atoms with van der Waals surface area (Å²) in [5, 5.41) is 0. The first-order valence-electron chi connectivity index (χ1n) is 32.6. The van der Waals surface area contributed by atoms with Crippen LogP contribution >= 0.6 is 0 Å². The molecule has 0 fully saturated rings. The highest BCUT2D eigenvalue weighted by atomic mass is 16.6. The van der Waals surface area contributed by atoms with E-state index in [-0.39, 0.29) is 31.1 Å². The minimum Gasteiger partial charge on any atom is -0.462 e. The van der Waals surface area contributed by atoms with E-state index in [0.717, 1.165) is 70.6 Å². The molecular weight excluding hydrogens is 913 g/mol. The van der Waals surface area contributed by atoms with Crippen LogP contribution in [-0.2, 0) is 28.6 Å². The first-order chi connectivity index (χ1) is 36.5. The highest BCUT2D eigenvalue weighted by molar-refractivity contribution is 5.71. The molecule has 0 aliphatic carbocycles. The lowest BCUT2D eigenvalue weighted by Crippen LogP contribution is -2.30. The maximum atomic E-state index is 12.9. The van der Waals surface area contributed by atoms with Crippen molar-refractivity contribution in [2.24, 2.45) is 0 Å². The van der Waals surface area contributed by atoms with Gasteiger partial charge in [0.2, 0.25) is 0 Å². The molecule has 0 aliphatic heterocycles. The van der Waals surface area contributed by atoms with Gasteiger partial charge in [0.05, 0.1) is 0 Å². The number of unbranched alkanes of at least 4 members (excludes halogenated alkanes) is 41. The third-order valence-electron chi connectivity index (χ3n) is 14.6. The Labute approximate surface area is 460 Å². The van der Waals surface area contributed by atoms with Gasteiger partial charge >= 0.3 is 17.9 Å². The van der Waals surface area contributed by atoms with E-state index in [0.29, 0.717) is 19.3 Å². The molecule has 1 atom stereocenters. The highest BCUT2D eigenvalue weighted by Crippen LogP contribution is 2.17. The minimum atomic E-state index is -0.774. The second-order valence-electron chi connectivity index (χ2n) is 22.0. The second kappa shape index (κ2) is 62.9. The predicted molar refractivity (Wildman–Crippen MR) is 321 cm³/mol. The minimum absolute atomic E-state index is 0.0712. The molecule has 6 heteroatoms. The van der Waals surface area contributed by atoms with Gasteiger partial charge < -0.3 is 14.2 Å². The van der Waals surface area contributed by atoms with Gasteiger partial charge in [0.1, 0.15) is 13.2 Å². The van der Waals surface area contributed by atoms with Crippen LogP contribution in [0.5, 0.6) is 0 Å². The van der Waals surface area contributed by atoms with Crippen molar-refractivity contribution >= 4 is 17.9 Å². The Morgan fingerprint density at radius 3 is 0.770 bits per heavy atom. The summed E-state index contributed by atoms with van der Waals surface area (Å²) in [6.45, 7) is 6.66. The van der Waals surface area contributed by atoms with Crippen molar-refractivity contribution in [1.82, 2.24) is 0 Å². The van der Waals surface area contributed by atoms with Crippen molar-refractivity contribution in [2.75, 3.05) is 13.2 Å².